The quantitative estimate of drug-likeness (QED) is 0.719. The molecule has 0 spiro atoms. The molecule has 0 amide bonds. The van der Waals surface area contributed by atoms with Crippen LogP contribution in [0.1, 0.15) is 15.9 Å². The molecule has 2 aromatic carbocycles. The number of carbonyl (C=O) groups excluding carboxylic acids is 1. The zero-order valence-electron chi connectivity index (χ0n) is 8.58. The fraction of sp³-hybridized carbons (Fsp3) is 0. The summed E-state index contributed by atoms with van der Waals surface area (Å²) in [6.07, 6.45) is 0. The molecule has 1 nitrogen and oxygen atoms in total. The van der Waals surface area contributed by atoms with E-state index in [1.54, 1.807) is 36.4 Å². The number of benzene rings is 2. The summed E-state index contributed by atoms with van der Waals surface area (Å²) in [4.78, 5) is 12.1. The van der Waals surface area contributed by atoms with Crippen molar-refractivity contribution in [3.8, 4) is 0 Å². The van der Waals surface area contributed by atoms with Crippen LogP contribution in [0, 0.1) is 5.82 Å². The highest BCUT2D eigenvalue weighted by molar-refractivity contribution is 9.10. The maximum absolute atomic E-state index is 13.6. The molecule has 0 bridgehead atoms. The molecule has 0 fully saturated rings. The van der Waals surface area contributed by atoms with Gasteiger partial charge in [0.15, 0.2) is 5.78 Å². The third kappa shape index (κ3) is 2.64. The minimum atomic E-state index is -0.521. The Kier molecular flexibility index (Phi) is 3.74. The Bertz CT molecular complexity index is 544. The predicted molar refractivity (Wildman–Crippen MR) is 71.7 cm³/mol. The van der Waals surface area contributed by atoms with E-state index in [0.29, 0.717) is 10.0 Å². The Balaban J connectivity index is 2.47. The molecule has 0 aliphatic heterocycles. The largest absolute Gasteiger partial charge is 0.288 e. The van der Waals surface area contributed by atoms with Crippen molar-refractivity contribution in [3.63, 3.8) is 0 Å². The van der Waals surface area contributed by atoms with Crippen LogP contribution in [0.2, 0.25) is 0 Å². The number of rotatable bonds is 2. The SMILES string of the molecule is O=C(c1ccc(Br)cc1)c1c(F)cccc1Br. The first-order valence-electron chi connectivity index (χ1n) is 4.84. The van der Waals surface area contributed by atoms with Crippen molar-refractivity contribution in [3.05, 3.63) is 68.4 Å². The lowest BCUT2D eigenvalue weighted by molar-refractivity contribution is 0.103. The highest BCUT2D eigenvalue weighted by Crippen LogP contribution is 2.23. The molecule has 0 atom stereocenters. The van der Waals surface area contributed by atoms with Crippen LogP contribution in [0.25, 0.3) is 0 Å². The van der Waals surface area contributed by atoms with Crippen LogP contribution in [0.3, 0.4) is 0 Å². The van der Waals surface area contributed by atoms with Crippen molar-refractivity contribution in [2.24, 2.45) is 0 Å². The second kappa shape index (κ2) is 5.10. The number of ketones is 1. The summed E-state index contributed by atoms with van der Waals surface area (Å²) < 4.78 is 14.9. The fourth-order valence-corrected chi connectivity index (χ4v) is 2.25. The summed E-state index contributed by atoms with van der Waals surface area (Å²) >= 11 is 6.47. The number of hydrogen-bond donors (Lipinski definition) is 0. The van der Waals surface area contributed by atoms with E-state index in [-0.39, 0.29) is 11.3 Å². The first-order chi connectivity index (χ1) is 8.09. The smallest absolute Gasteiger partial charge is 0.197 e. The molecule has 2 aromatic rings. The van der Waals surface area contributed by atoms with Gasteiger partial charge in [-0.2, -0.15) is 0 Å². The van der Waals surface area contributed by atoms with Gasteiger partial charge in [-0.3, -0.25) is 4.79 Å². The van der Waals surface area contributed by atoms with E-state index < -0.39 is 5.82 Å². The fourth-order valence-electron chi connectivity index (χ4n) is 1.46. The molecule has 0 radical (unpaired) electrons. The molecule has 0 unspecified atom stereocenters. The van der Waals surface area contributed by atoms with E-state index in [2.05, 4.69) is 31.9 Å². The summed E-state index contributed by atoms with van der Waals surface area (Å²) in [7, 11) is 0. The van der Waals surface area contributed by atoms with Crippen molar-refractivity contribution < 1.29 is 9.18 Å². The van der Waals surface area contributed by atoms with Crippen LogP contribution in [0.15, 0.2) is 51.4 Å². The van der Waals surface area contributed by atoms with Gasteiger partial charge >= 0.3 is 0 Å². The molecule has 86 valence electrons. The van der Waals surface area contributed by atoms with E-state index in [1.165, 1.54) is 6.07 Å². The highest BCUT2D eigenvalue weighted by atomic mass is 79.9. The van der Waals surface area contributed by atoms with E-state index in [1.807, 2.05) is 0 Å². The summed E-state index contributed by atoms with van der Waals surface area (Å²) in [5, 5.41) is 0. The van der Waals surface area contributed by atoms with Crippen LogP contribution < -0.4 is 0 Å². The molecule has 0 N–H and O–H groups in total. The zero-order valence-corrected chi connectivity index (χ0v) is 11.8. The Morgan fingerprint density at radius 1 is 1.00 bits per heavy atom. The molecule has 0 saturated heterocycles. The maximum atomic E-state index is 13.6. The van der Waals surface area contributed by atoms with Crippen LogP contribution in [0.4, 0.5) is 4.39 Å². The van der Waals surface area contributed by atoms with Gasteiger partial charge in [-0.15, -0.1) is 0 Å². The van der Waals surface area contributed by atoms with E-state index in [0.717, 1.165) is 4.47 Å². The Morgan fingerprint density at radius 3 is 2.24 bits per heavy atom. The summed E-state index contributed by atoms with van der Waals surface area (Å²) in [5.41, 5.74) is 0.522. The van der Waals surface area contributed by atoms with Gasteiger partial charge in [-0.05, 0) is 52.3 Å². The first-order valence-corrected chi connectivity index (χ1v) is 6.42. The van der Waals surface area contributed by atoms with Gasteiger partial charge in [0.05, 0.1) is 5.56 Å². The third-order valence-corrected chi connectivity index (χ3v) is 3.49. The molecule has 0 saturated carbocycles. The standard InChI is InChI=1S/C13H7Br2FO/c14-9-6-4-8(5-7-9)13(17)12-10(15)2-1-3-11(12)16/h1-7H. The summed E-state index contributed by atoms with van der Waals surface area (Å²) in [6.45, 7) is 0. The van der Waals surface area contributed by atoms with Gasteiger partial charge < -0.3 is 0 Å². The van der Waals surface area contributed by atoms with E-state index in [4.69, 9.17) is 0 Å². The van der Waals surface area contributed by atoms with Crippen molar-refractivity contribution in [1.29, 1.82) is 0 Å². The molecule has 0 aliphatic rings. The van der Waals surface area contributed by atoms with Gasteiger partial charge in [0.1, 0.15) is 5.82 Å². The zero-order chi connectivity index (χ0) is 12.4. The third-order valence-electron chi connectivity index (χ3n) is 2.30. The minimum absolute atomic E-state index is 0.0647. The van der Waals surface area contributed by atoms with Gasteiger partial charge in [0.25, 0.3) is 0 Å². The van der Waals surface area contributed by atoms with Crippen LogP contribution in [-0.4, -0.2) is 5.78 Å². The predicted octanol–water partition coefficient (Wildman–Crippen LogP) is 4.58. The van der Waals surface area contributed by atoms with E-state index in [9.17, 15) is 9.18 Å². The van der Waals surface area contributed by atoms with Crippen LogP contribution in [0.5, 0.6) is 0 Å². The molecule has 0 heterocycles. The van der Waals surface area contributed by atoms with Crippen molar-refractivity contribution in [2.75, 3.05) is 0 Å². The lowest BCUT2D eigenvalue weighted by Crippen LogP contribution is -2.05. The van der Waals surface area contributed by atoms with Gasteiger partial charge in [0.2, 0.25) is 0 Å². The maximum Gasteiger partial charge on any atom is 0.197 e. The molecule has 17 heavy (non-hydrogen) atoms. The number of hydrogen-bond acceptors (Lipinski definition) is 1. The molecule has 2 rings (SSSR count). The van der Waals surface area contributed by atoms with Gasteiger partial charge in [0, 0.05) is 14.5 Å². The molecule has 0 aliphatic carbocycles. The van der Waals surface area contributed by atoms with Crippen LogP contribution in [-0.2, 0) is 0 Å². The first kappa shape index (κ1) is 12.5. The molecule has 0 aromatic heterocycles. The van der Waals surface area contributed by atoms with Gasteiger partial charge in [-0.25, -0.2) is 4.39 Å². The normalized spacial score (nSPS) is 10.3. The van der Waals surface area contributed by atoms with Crippen molar-refractivity contribution >= 4 is 37.6 Å². The second-order valence-electron chi connectivity index (χ2n) is 3.43. The average molecular weight is 358 g/mol. The number of carbonyl (C=O) groups is 1. The minimum Gasteiger partial charge on any atom is -0.288 e. The lowest BCUT2D eigenvalue weighted by atomic mass is 10.0. The Morgan fingerprint density at radius 2 is 1.65 bits per heavy atom. The van der Waals surface area contributed by atoms with E-state index >= 15 is 0 Å². The van der Waals surface area contributed by atoms with Crippen molar-refractivity contribution in [2.45, 2.75) is 0 Å². The second-order valence-corrected chi connectivity index (χ2v) is 5.20. The van der Waals surface area contributed by atoms with Crippen molar-refractivity contribution in [1.82, 2.24) is 0 Å². The Hall–Kier alpha value is -1.00. The van der Waals surface area contributed by atoms with Gasteiger partial charge in [-0.1, -0.05) is 22.0 Å². The summed E-state index contributed by atoms with van der Waals surface area (Å²) in [6, 6.07) is 11.3. The van der Waals surface area contributed by atoms with Crippen LogP contribution >= 0.6 is 31.9 Å². The monoisotopic (exact) mass is 356 g/mol. The molecule has 4 heteroatoms. The summed E-state index contributed by atoms with van der Waals surface area (Å²) in [5.74, 6) is -0.852. The lowest BCUT2D eigenvalue weighted by Gasteiger charge is -2.05. The highest BCUT2D eigenvalue weighted by Gasteiger charge is 2.16. The number of halogens is 3. The topological polar surface area (TPSA) is 17.1 Å². The Labute approximate surface area is 115 Å². The molecular weight excluding hydrogens is 351 g/mol. The average Bonchev–Trinajstić information content (AvgIpc) is 2.29. The molecular formula is C13H7Br2FO.